The Bertz CT molecular complexity index is 1150. The van der Waals surface area contributed by atoms with E-state index in [1.807, 2.05) is 58.8 Å². The van der Waals surface area contributed by atoms with Gasteiger partial charge in [-0.1, -0.05) is 36.4 Å². The Morgan fingerprint density at radius 2 is 1.97 bits per heavy atom. The monoisotopic (exact) mass is 447 g/mol. The van der Waals surface area contributed by atoms with Crippen LogP contribution >= 0.6 is 11.3 Å². The fourth-order valence-electron chi connectivity index (χ4n) is 4.66. The van der Waals surface area contributed by atoms with Crippen LogP contribution in [0.4, 0.5) is 0 Å². The second-order valence-electron chi connectivity index (χ2n) is 8.55. The molecule has 32 heavy (non-hydrogen) atoms. The van der Waals surface area contributed by atoms with Crippen molar-refractivity contribution in [1.29, 1.82) is 0 Å². The molecule has 0 spiro atoms. The Morgan fingerprint density at radius 3 is 2.66 bits per heavy atom. The van der Waals surface area contributed by atoms with E-state index in [2.05, 4.69) is 19.2 Å². The Balaban J connectivity index is 1.59. The molecule has 0 fully saturated rings. The van der Waals surface area contributed by atoms with Gasteiger partial charge in [-0.3, -0.25) is 9.59 Å². The maximum atomic E-state index is 13.9. The smallest absolute Gasteiger partial charge is 0.264 e. The van der Waals surface area contributed by atoms with Crippen LogP contribution in [0.5, 0.6) is 0 Å². The van der Waals surface area contributed by atoms with E-state index < -0.39 is 11.6 Å². The molecule has 164 valence electrons. The van der Waals surface area contributed by atoms with Gasteiger partial charge in [0.25, 0.3) is 11.8 Å². The lowest BCUT2D eigenvalue weighted by Gasteiger charge is -2.35. The fraction of sp³-hybridized carbons (Fsp3) is 0.280. The predicted octanol–water partition coefficient (Wildman–Crippen LogP) is 4.20. The van der Waals surface area contributed by atoms with Crippen molar-refractivity contribution < 1.29 is 14.0 Å². The summed E-state index contributed by atoms with van der Waals surface area (Å²) in [6, 6.07) is 16.7. The number of thiophene rings is 1. The van der Waals surface area contributed by atoms with Crippen LogP contribution in [0, 0.1) is 0 Å². The molecule has 0 saturated carbocycles. The van der Waals surface area contributed by atoms with Crippen LogP contribution in [-0.2, 0) is 11.3 Å². The number of carbonyl (C=O) groups is 2. The Morgan fingerprint density at radius 1 is 1.16 bits per heavy atom. The van der Waals surface area contributed by atoms with Crippen LogP contribution < -0.4 is 5.32 Å². The molecule has 6 nitrogen and oxygen atoms in total. The van der Waals surface area contributed by atoms with Gasteiger partial charge in [-0.15, -0.1) is 11.3 Å². The lowest BCUT2D eigenvalue weighted by molar-refractivity contribution is -0.130. The summed E-state index contributed by atoms with van der Waals surface area (Å²) in [6.07, 6.45) is 1.59. The maximum Gasteiger partial charge on any atom is 0.264 e. The Hall–Kier alpha value is -3.32. The van der Waals surface area contributed by atoms with E-state index in [1.54, 1.807) is 17.2 Å². The molecule has 2 aromatic heterocycles. The zero-order valence-corrected chi connectivity index (χ0v) is 18.9. The van der Waals surface area contributed by atoms with Crippen molar-refractivity contribution in [2.75, 3.05) is 13.1 Å². The van der Waals surface area contributed by atoms with Gasteiger partial charge in [-0.2, -0.15) is 0 Å². The van der Waals surface area contributed by atoms with Gasteiger partial charge in [0.2, 0.25) is 0 Å². The largest absolute Gasteiger partial charge is 0.467 e. The van der Waals surface area contributed by atoms with Gasteiger partial charge >= 0.3 is 0 Å². The van der Waals surface area contributed by atoms with Crippen LogP contribution in [0.15, 0.2) is 81.9 Å². The molecule has 2 aliphatic heterocycles. The molecular formula is C25H25N3O3S. The van der Waals surface area contributed by atoms with Crippen LogP contribution in [0.25, 0.3) is 0 Å². The number of furan rings is 1. The number of amides is 2. The first-order valence-corrected chi connectivity index (χ1v) is 11.6. The minimum absolute atomic E-state index is 0.0753. The average Bonchev–Trinajstić information content (AvgIpc) is 3.51. The normalized spacial score (nSPS) is 20.2. The molecule has 0 saturated heterocycles. The molecule has 0 aliphatic carbocycles. The van der Waals surface area contributed by atoms with Crippen LogP contribution in [0.2, 0.25) is 0 Å². The third kappa shape index (κ3) is 3.33. The highest BCUT2D eigenvalue weighted by Crippen LogP contribution is 2.44. The first kappa shape index (κ1) is 20.6. The number of carbonyl (C=O) groups excluding carboxylic acids is 2. The van der Waals surface area contributed by atoms with Crippen LogP contribution in [-0.4, -0.2) is 40.2 Å². The average molecular weight is 448 g/mol. The predicted molar refractivity (Wildman–Crippen MR) is 123 cm³/mol. The quantitative estimate of drug-likeness (QED) is 0.651. The summed E-state index contributed by atoms with van der Waals surface area (Å²) < 4.78 is 5.78. The van der Waals surface area contributed by atoms with Gasteiger partial charge < -0.3 is 19.5 Å². The van der Waals surface area contributed by atoms with Gasteiger partial charge in [-0.25, -0.2) is 0 Å². The molecule has 1 N–H and O–H groups in total. The number of nitrogens with zero attached hydrogens (tertiary/aromatic N) is 2. The van der Waals surface area contributed by atoms with Gasteiger partial charge in [-0.05, 0) is 43.0 Å². The summed E-state index contributed by atoms with van der Waals surface area (Å²) >= 11 is 1.41. The van der Waals surface area contributed by atoms with Crippen molar-refractivity contribution in [2.24, 2.45) is 0 Å². The first-order chi connectivity index (χ1) is 15.5. The lowest BCUT2D eigenvalue weighted by Crippen LogP contribution is -2.47. The lowest BCUT2D eigenvalue weighted by atomic mass is 9.95. The topological polar surface area (TPSA) is 65.8 Å². The molecule has 3 aromatic rings. The highest BCUT2D eigenvalue weighted by molar-refractivity contribution is 7.12. The second-order valence-corrected chi connectivity index (χ2v) is 9.49. The molecule has 7 heteroatoms. The van der Waals surface area contributed by atoms with Gasteiger partial charge in [0, 0.05) is 25.3 Å². The third-order valence-electron chi connectivity index (χ3n) is 6.26. The Labute approximate surface area is 191 Å². The molecular weight excluding hydrogens is 422 g/mol. The van der Waals surface area contributed by atoms with Crippen LogP contribution in [0.3, 0.4) is 0 Å². The minimum atomic E-state index is -0.586. The van der Waals surface area contributed by atoms with E-state index in [0.29, 0.717) is 35.8 Å². The number of nitrogens with one attached hydrogen (secondary N) is 1. The van der Waals surface area contributed by atoms with Crippen molar-refractivity contribution in [1.82, 2.24) is 15.1 Å². The van der Waals surface area contributed by atoms with E-state index in [4.69, 9.17) is 4.42 Å². The molecule has 1 aromatic carbocycles. The number of hydrogen-bond acceptors (Lipinski definition) is 5. The molecule has 4 heterocycles. The van der Waals surface area contributed by atoms with Crippen molar-refractivity contribution in [3.8, 4) is 0 Å². The van der Waals surface area contributed by atoms with E-state index in [9.17, 15) is 9.59 Å². The van der Waals surface area contributed by atoms with Crippen LogP contribution in [0.1, 0.15) is 40.9 Å². The fourth-order valence-corrected chi connectivity index (χ4v) is 5.34. The molecule has 2 amide bonds. The molecule has 0 bridgehead atoms. The highest BCUT2D eigenvalue weighted by Gasteiger charge is 2.51. The molecule has 1 unspecified atom stereocenters. The van der Waals surface area contributed by atoms with Crippen molar-refractivity contribution in [2.45, 2.75) is 32.0 Å². The number of hydrogen-bond donors (Lipinski definition) is 1. The van der Waals surface area contributed by atoms with Crippen molar-refractivity contribution in [3.63, 3.8) is 0 Å². The molecule has 1 atom stereocenters. The van der Waals surface area contributed by atoms with Gasteiger partial charge in [0.15, 0.2) is 0 Å². The van der Waals surface area contributed by atoms with Gasteiger partial charge in [0.1, 0.15) is 11.8 Å². The van der Waals surface area contributed by atoms with E-state index in [-0.39, 0.29) is 11.8 Å². The second kappa shape index (κ2) is 7.98. The summed E-state index contributed by atoms with van der Waals surface area (Å²) in [6.45, 7) is 5.63. The SMILES string of the molecule is CC1(C)C2=C(C(=O)N1Cc1ccccc1)C(c1ccco1)N(C(=O)c1cccs1)CCN2. The maximum absolute atomic E-state index is 13.9. The standard InChI is InChI=1S/C25H25N3O3S/c1-25(2)22-20(24(30)28(25)16-17-8-4-3-5-9-17)21(18-10-6-14-31-18)27(13-12-26-22)23(29)19-11-7-15-32-19/h3-11,14-15,21,26H,12-13,16H2,1-2H3. The summed E-state index contributed by atoms with van der Waals surface area (Å²) in [5.74, 6) is 0.425. The van der Waals surface area contributed by atoms with E-state index in [0.717, 1.165) is 11.3 Å². The van der Waals surface area contributed by atoms with E-state index >= 15 is 0 Å². The van der Waals surface area contributed by atoms with Crippen molar-refractivity contribution in [3.05, 3.63) is 93.7 Å². The van der Waals surface area contributed by atoms with E-state index in [1.165, 1.54) is 11.3 Å². The number of rotatable bonds is 4. The molecule has 2 aliphatic rings. The zero-order chi connectivity index (χ0) is 22.3. The van der Waals surface area contributed by atoms with Gasteiger partial charge in [0.05, 0.1) is 22.3 Å². The summed E-state index contributed by atoms with van der Waals surface area (Å²) in [5, 5.41) is 5.38. The Kier molecular flexibility index (Phi) is 5.13. The summed E-state index contributed by atoms with van der Waals surface area (Å²) in [5.41, 5.74) is 1.96. The van der Waals surface area contributed by atoms with Crippen molar-refractivity contribution >= 4 is 23.2 Å². The minimum Gasteiger partial charge on any atom is -0.467 e. The molecule has 5 rings (SSSR count). The zero-order valence-electron chi connectivity index (χ0n) is 18.1. The third-order valence-corrected chi connectivity index (χ3v) is 7.12. The molecule has 0 radical (unpaired) electrons. The highest BCUT2D eigenvalue weighted by atomic mass is 32.1. The first-order valence-electron chi connectivity index (χ1n) is 10.7. The summed E-state index contributed by atoms with van der Waals surface area (Å²) in [7, 11) is 0. The number of benzene rings is 1. The summed E-state index contributed by atoms with van der Waals surface area (Å²) in [4.78, 5) is 31.7.